The fraction of sp³-hybridized carbons (Fsp3) is 0.235. The molecular weight excluding hydrogens is 291 g/mol. The van der Waals surface area contributed by atoms with E-state index in [1.54, 1.807) is 18.2 Å². The third kappa shape index (κ3) is 2.98. The molecule has 1 heterocycles. The second-order valence-corrected chi connectivity index (χ2v) is 5.41. The third-order valence-corrected chi connectivity index (χ3v) is 3.88. The van der Waals surface area contributed by atoms with Crippen LogP contribution in [0.4, 0.5) is 13.2 Å². The summed E-state index contributed by atoms with van der Waals surface area (Å²) in [6.07, 6.45) is -3.88. The molecule has 22 heavy (non-hydrogen) atoms. The molecule has 0 aromatic heterocycles. The molecule has 1 N–H and O–H groups in total. The third-order valence-electron chi connectivity index (χ3n) is 3.88. The summed E-state index contributed by atoms with van der Waals surface area (Å²) in [4.78, 5) is 11.2. The van der Waals surface area contributed by atoms with Gasteiger partial charge in [-0.05, 0) is 28.8 Å². The standard InChI is InChI=1S/C17H14F3NO/c18-17(19,20)15-3-1-2-13(8-15)11-4-6-12(7-5-11)14-9-16(22)21-10-14/h1-8,14H,9-10H2,(H,21,22). The minimum Gasteiger partial charge on any atom is -0.355 e. The van der Waals surface area contributed by atoms with Gasteiger partial charge in [-0.1, -0.05) is 36.4 Å². The summed E-state index contributed by atoms with van der Waals surface area (Å²) in [6.45, 7) is 0.613. The number of rotatable bonds is 2. The minimum atomic E-state index is -4.34. The van der Waals surface area contributed by atoms with Crippen LogP contribution in [-0.4, -0.2) is 12.5 Å². The molecule has 0 spiro atoms. The molecule has 0 saturated carbocycles. The number of amides is 1. The van der Waals surface area contributed by atoms with Gasteiger partial charge in [-0.25, -0.2) is 0 Å². The molecule has 1 fully saturated rings. The molecule has 114 valence electrons. The molecule has 2 aromatic rings. The Morgan fingerprint density at radius 2 is 1.73 bits per heavy atom. The van der Waals surface area contributed by atoms with Crippen LogP contribution >= 0.6 is 0 Å². The summed E-state index contributed by atoms with van der Waals surface area (Å²) in [5.41, 5.74) is 1.63. The molecule has 2 nitrogen and oxygen atoms in total. The Bertz CT molecular complexity index is 692. The highest BCUT2D eigenvalue weighted by atomic mass is 19.4. The largest absolute Gasteiger partial charge is 0.416 e. The van der Waals surface area contributed by atoms with Crippen LogP contribution in [0.15, 0.2) is 48.5 Å². The molecule has 1 atom stereocenters. The zero-order chi connectivity index (χ0) is 15.7. The van der Waals surface area contributed by atoms with E-state index in [0.29, 0.717) is 18.5 Å². The van der Waals surface area contributed by atoms with Crippen LogP contribution in [0.1, 0.15) is 23.5 Å². The van der Waals surface area contributed by atoms with E-state index in [9.17, 15) is 18.0 Å². The van der Waals surface area contributed by atoms with E-state index in [2.05, 4.69) is 5.32 Å². The van der Waals surface area contributed by atoms with Crippen LogP contribution in [0.3, 0.4) is 0 Å². The van der Waals surface area contributed by atoms with Crippen molar-refractivity contribution in [1.29, 1.82) is 0 Å². The van der Waals surface area contributed by atoms with Crippen molar-refractivity contribution in [3.8, 4) is 11.1 Å². The van der Waals surface area contributed by atoms with Gasteiger partial charge in [0.25, 0.3) is 0 Å². The number of benzene rings is 2. The Hall–Kier alpha value is -2.30. The fourth-order valence-corrected chi connectivity index (χ4v) is 2.66. The Labute approximate surface area is 126 Å². The Morgan fingerprint density at radius 3 is 2.32 bits per heavy atom. The molecule has 0 radical (unpaired) electrons. The first kappa shape index (κ1) is 14.6. The second kappa shape index (κ2) is 5.48. The normalized spacial score (nSPS) is 18.3. The lowest BCUT2D eigenvalue weighted by atomic mass is 9.95. The van der Waals surface area contributed by atoms with E-state index in [4.69, 9.17) is 0 Å². The molecule has 1 aliphatic heterocycles. The second-order valence-electron chi connectivity index (χ2n) is 5.41. The number of alkyl halides is 3. The topological polar surface area (TPSA) is 29.1 Å². The number of hydrogen-bond donors (Lipinski definition) is 1. The summed E-state index contributed by atoms with van der Waals surface area (Å²) in [5, 5.41) is 2.77. The summed E-state index contributed by atoms with van der Waals surface area (Å²) >= 11 is 0. The zero-order valence-corrected chi connectivity index (χ0v) is 11.7. The quantitative estimate of drug-likeness (QED) is 0.893. The Balaban J connectivity index is 1.85. The summed E-state index contributed by atoms with van der Waals surface area (Å²) < 4.78 is 38.2. The first-order valence-corrected chi connectivity index (χ1v) is 6.98. The van der Waals surface area contributed by atoms with Gasteiger partial charge in [0.15, 0.2) is 0 Å². The first-order chi connectivity index (χ1) is 10.4. The molecule has 0 bridgehead atoms. The maximum absolute atomic E-state index is 12.7. The van der Waals surface area contributed by atoms with Crippen LogP contribution in [0.5, 0.6) is 0 Å². The first-order valence-electron chi connectivity index (χ1n) is 6.98. The van der Waals surface area contributed by atoms with Crippen molar-refractivity contribution in [2.45, 2.75) is 18.5 Å². The van der Waals surface area contributed by atoms with Gasteiger partial charge in [-0.2, -0.15) is 13.2 Å². The van der Waals surface area contributed by atoms with Crippen molar-refractivity contribution < 1.29 is 18.0 Å². The summed E-state index contributed by atoms with van der Waals surface area (Å²) in [6, 6.07) is 12.6. The van der Waals surface area contributed by atoms with E-state index in [-0.39, 0.29) is 11.8 Å². The maximum Gasteiger partial charge on any atom is 0.416 e. The van der Waals surface area contributed by atoms with E-state index < -0.39 is 11.7 Å². The SMILES string of the molecule is O=C1CC(c2ccc(-c3cccc(C(F)(F)F)c3)cc2)CN1. The molecule has 1 unspecified atom stereocenters. The molecule has 2 aromatic carbocycles. The smallest absolute Gasteiger partial charge is 0.355 e. The molecule has 0 aliphatic carbocycles. The number of halogens is 3. The summed E-state index contributed by atoms with van der Waals surface area (Å²) in [5.74, 6) is 0.176. The Morgan fingerprint density at radius 1 is 1.00 bits per heavy atom. The van der Waals surface area contributed by atoms with Crippen molar-refractivity contribution in [2.24, 2.45) is 0 Å². The van der Waals surface area contributed by atoms with Crippen LogP contribution in [0.25, 0.3) is 11.1 Å². The highest BCUT2D eigenvalue weighted by molar-refractivity contribution is 5.79. The van der Waals surface area contributed by atoms with Crippen LogP contribution in [0, 0.1) is 0 Å². The lowest BCUT2D eigenvalue weighted by Crippen LogP contribution is -2.13. The highest BCUT2D eigenvalue weighted by Gasteiger charge is 2.30. The van der Waals surface area contributed by atoms with Gasteiger partial charge in [0.05, 0.1) is 5.56 Å². The predicted octanol–water partition coefficient (Wildman–Crippen LogP) is 3.98. The van der Waals surface area contributed by atoms with Gasteiger partial charge in [-0.15, -0.1) is 0 Å². The van der Waals surface area contributed by atoms with Crippen LogP contribution in [0.2, 0.25) is 0 Å². The van der Waals surface area contributed by atoms with E-state index in [1.807, 2.05) is 12.1 Å². The van der Waals surface area contributed by atoms with Gasteiger partial charge >= 0.3 is 6.18 Å². The van der Waals surface area contributed by atoms with Crippen molar-refractivity contribution in [3.05, 3.63) is 59.7 Å². The van der Waals surface area contributed by atoms with Gasteiger partial charge in [0.2, 0.25) is 5.91 Å². The van der Waals surface area contributed by atoms with Crippen LogP contribution < -0.4 is 5.32 Å². The number of hydrogen-bond acceptors (Lipinski definition) is 1. The molecular formula is C17H14F3NO. The maximum atomic E-state index is 12.7. The minimum absolute atomic E-state index is 0.0342. The molecule has 1 saturated heterocycles. The molecule has 3 rings (SSSR count). The lowest BCUT2D eigenvalue weighted by molar-refractivity contribution is -0.137. The van der Waals surface area contributed by atoms with E-state index in [1.165, 1.54) is 6.07 Å². The van der Waals surface area contributed by atoms with Gasteiger partial charge in [-0.3, -0.25) is 4.79 Å². The van der Waals surface area contributed by atoms with E-state index in [0.717, 1.165) is 23.3 Å². The van der Waals surface area contributed by atoms with Crippen molar-refractivity contribution in [3.63, 3.8) is 0 Å². The fourth-order valence-electron chi connectivity index (χ4n) is 2.66. The van der Waals surface area contributed by atoms with Gasteiger partial charge in [0.1, 0.15) is 0 Å². The predicted molar refractivity (Wildman–Crippen MR) is 77.2 cm³/mol. The molecule has 1 aliphatic rings. The van der Waals surface area contributed by atoms with Gasteiger partial charge in [0, 0.05) is 18.9 Å². The lowest BCUT2D eigenvalue weighted by Gasteiger charge is -2.11. The van der Waals surface area contributed by atoms with Crippen molar-refractivity contribution >= 4 is 5.91 Å². The van der Waals surface area contributed by atoms with E-state index >= 15 is 0 Å². The van der Waals surface area contributed by atoms with Crippen LogP contribution in [-0.2, 0) is 11.0 Å². The summed E-state index contributed by atoms with van der Waals surface area (Å²) in [7, 11) is 0. The number of nitrogens with one attached hydrogen (secondary N) is 1. The van der Waals surface area contributed by atoms with Crippen molar-refractivity contribution in [2.75, 3.05) is 6.54 Å². The molecule has 5 heteroatoms. The highest BCUT2D eigenvalue weighted by Crippen LogP contribution is 2.32. The average molecular weight is 305 g/mol. The van der Waals surface area contributed by atoms with Gasteiger partial charge < -0.3 is 5.32 Å². The molecule has 1 amide bonds. The van der Waals surface area contributed by atoms with Crippen molar-refractivity contribution in [1.82, 2.24) is 5.32 Å². The number of carbonyl (C=O) groups is 1. The monoisotopic (exact) mass is 305 g/mol. The average Bonchev–Trinajstić information content (AvgIpc) is 2.93. The Kier molecular flexibility index (Phi) is 3.64. The zero-order valence-electron chi connectivity index (χ0n) is 11.7. The number of carbonyl (C=O) groups excluding carboxylic acids is 1.